The molecule has 0 unspecified atom stereocenters. The lowest BCUT2D eigenvalue weighted by molar-refractivity contribution is 0.0943. The molecule has 23 heavy (non-hydrogen) atoms. The van der Waals surface area contributed by atoms with Gasteiger partial charge in [-0.25, -0.2) is 0 Å². The first-order chi connectivity index (χ1) is 11.0. The van der Waals surface area contributed by atoms with E-state index >= 15 is 0 Å². The third kappa shape index (κ3) is 3.10. The first-order valence-electron chi connectivity index (χ1n) is 7.55. The SMILES string of the molecule is Cc1ccc(CNC(=O)c2cc3c(Cl)cc(C)cc3n2C)cc1. The van der Waals surface area contributed by atoms with Crippen LogP contribution in [0.15, 0.2) is 42.5 Å². The number of benzene rings is 2. The molecule has 4 heteroatoms. The van der Waals surface area contributed by atoms with Crippen molar-refractivity contribution in [2.45, 2.75) is 20.4 Å². The van der Waals surface area contributed by atoms with E-state index in [9.17, 15) is 4.79 Å². The second-order valence-electron chi connectivity index (χ2n) is 5.94. The Balaban J connectivity index is 1.85. The zero-order chi connectivity index (χ0) is 16.6. The number of hydrogen-bond donors (Lipinski definition) is 1. The van der Waals surface area contributed by atoms with Gasteiger partial charge in [0.2, 0.25) is 0 Å². The van der Waals surface area contributed by atoms with Gasteiger partial charge in [0.25, 0.3) is 5.91 Å². The molecule has 0 radical (unpaired) electrons. The molecular formula is C19H19ClN2O. The van der Waals surface area contributed by atoms with Gasteiger partial charge in [0.15, 0.2) is 0 Å². The fourth-order valence-corrected chi connectivity index (χ4v) is 3.04. The molecule has 0 aliphatic heterocycles. The molecule has 3 rings (SSSR count). The summed E-state index contributed by atoms with van der Waals surface area (Å²) in [5, 5.41) is 4.54. The predicted molar refractivity (Wildman–Crippen MR) is 95.0 cm³/mol. The second-order valence-corrected chi connectivity index (χ2v) is 6.34. The van der Waals surface area contributed by atoms with Gasteiger partial charge < -0.3 is 9.88 Å². The summed E-state index contributed by atoms with van der Waals surface area (Å²) in [5.74, 6) is -0.0991. The summed E-state index contributed by atoms with van der Waals surface area (Å²) in [7, 11) is 1.89. The number of carbonyl (C=O) groups excluding carboxylic acids is 1. The Hall–Kier alpha value is -2.26. The number of fused-ring (bicyclic) bond motifs is 1. The molecule has 0 fully saturated rings. The molecule has 118 valence electrons. The van der Waals surface area contributed by atoms with Gasteiger partial charge in [0.05, 0.1) is 10.5 Å². The van der Waals surface area contributed by atoms with E-state index in [1.807, 2.05) is 67.9 Å². The van der Waals surface area contributed by atoms with Crippen molar-refractivity contribution in [2.75, 3.05) is 0 Å². The van der Waals surface area contributed by atoms with Gasteiger partial charge in [-0.1, -0.05) is 41.4 Å². The molecule has 0 spiro atoms. The Morgan fingerprint density at radius 2 is 1.78 bits per heavy atom. The van der Waals surface area contributed by atoms with Crippen molar-refractivity contribution in [3.63, 3.8) is 0 Å². The van der Waals surface area contributed by atoms with E-state index in [-0.39, 0.29) is 5.91 Å². The first-order valence-corrected chi connectivity index (χ1v) is 7.93. The van der Waals surface area contributed by atoms with Gasteiger partial charge in [-0.2, -0.15) is 0 Å². The van der Waals surface area contributed by atoms with E-state index in [1.54, 1.807) is 0 Å². The van der Waals surface area contributed by atoms with Crippen molar-refractivity contribution in [1.82, 2.24) is 9.88 Å². The normalized spacial score (nSPS) is 11.0. The van der Waals surface area contributed by atoms with Crippen molar-refractivity contribution < 1.29 is 4.79 Å². The molecule has 0 atom stereocenters. The summed E-state index contributed by atoms with van der Waals surface area (Å²) in [6.07, 6.45) is 0. The van der Waals surface area contributed by atoms with Crippen LogP contribution in [0, 0.1) is 13.8 Å². The first kappa shape index (κ1) is 15.6. The zero-order valence-electron chi connectivity index (χ0n) is 13.5. The van der Waals surface area contributed by atoms with Crippen LogP contribution >= 0.6 is 11.6 Å². The molecule has 0 bridgehead atoms. The van der Waals surface area contributed by atoms with E-state index in [1.165, 1.54) is 5.56 Å². The summed E-state index contributed by atoms with van der Waals surface area (Å²) < 4.78 is 1.89. The van der Waals surface area contributed by atoms with Crippen LogP contribution in [0.3, 0.4) is 0 Å². The van der Waals surface area contributed by atoms with Crippen molar-refractivity contribution >= 4 is 28.4 Å². The summed E-state index contributed by atoms with van der Waals surface area (Å²) >= 11 is 6.30. The van der Waals surface area contributed by atoms with Crippen molar-refractivity contribution in [2.24, 2.45) is 7.05 Å². The van der Waals surface area contributed by atoms with Crippen LogP contribution in [0.2, 0.25) is 5.02 Å². The number of carbonyl (C=O) groups is 1. The number of halogens is 1. The lowest BCUT2D eigenvalue weighted by atomic mass is 10.1. The Labute approximate surface area is 140 Å². The van der Waals surface area contributed by atoms with Crippen LogP contribution in [0.4, 0.5) is 0 Å². The van der Waals surface area contributed by atoms with Crippen LogP contribution < -0.4 is 5.32 Å². The van der Waals surface area contributed by atoms with Gasteiger partial charge in [0.1, 0.15) is 5.69 Å². The van der Waals surface area contributed by atoms with Gasteiger partial charge in [0, 0.05) is 19.0 Å². The highest BCUT2D eigenvalue weighted by molar-refractivity contribution is 6.35. The summed E-state index contributed by atoms with van der Waals surface area (Å²) in [5.41, 5.74) is 4.95. The third-order valence-corrected chi connectivity index (χ3v) is 4.37. The van der Waals surface area contributed by atoms with Gasteiger partial charge in [-0.15, -0.1) is 0 Å². The quantitative estimate of drug-likeness (QED) is 0.761. The lowest BCUT2D eigenvalue weighted by Gasteiger charge is -2.07. The van der Waals surface area contributed by atoms with Gasteiger partial charge in [-0.3, -0.25) is 4.79 Å². The van der Waals surface area contributed by atoms with E-state index in [0.717, 1.165) is 22.0 Å². The standard InChI is InChI=1S/C19H19ClN2O/c1-12-4-6-14(7-5-12)11-21-19(23)18-10-15-16(20)8-13(2)9-17(15)22(18)3/h4-10H,11H2,1-3H3,(H,21,23). The van der Waals surface area contributed by atoms with Crippen molar-refractivity contribution in [3.8, 4) is 0 Å². The number of hydrogen-bond acceptors (Lipinski definition) is 1. The Morgan fingerprint density at radius 1 is 1.09 bits per heavy atom. The average Bonchev–Trinajstić information content (AvgIpc) is 2.84. The molecule has 3 aromatic rings. The Kier molecular flexibility index (Phi) is 4.14. The highest BCUT2D eigenvalue weighted by atomic mass is 35.5. The number of aromatic nitrogens is 1. The molecule has 1 N–H and O–H groups in total. The summed E-state index contributed by atoms with van der Waals surface area (Å²) in [6.45, 7) is 4.55. The highest BCUT2D eigenvalue weighted by Crippen LogP contribution is 2.28. The molecule has 1 amide bonds. The Bertz CT molecular complexity index is 879. The number of aryl methyl sites for hydroxylation is 3. The van der Waals surface area contributed by atoms with Crippen LogP contribution in [-0.2, 0) is 13.6 Å². The molecular weight excluding hydrogens is 308 g/mol. The molecule has 2 aromatic carbocycles. The van der Waals surface area contributed by atoms with E-state index in [2.05, 4.69) is 5.32 Å². The highest BCUT2D eigenvalue weighted by Gasteiger charge is 2.15. The fraction of sp³-hybridized carbons (Fsp3) is 0.211. The summed E-state index contributed by atoms with van der Waals surface area (Å²) in [6, 6.07) is 13.9. The maximum absolute atomic E-state index is 12.5. The minimum atomic E-state index is -0.0991. The minimum absolute atomic E-state index is 0.0991. The summed E-state index contributed by atoms with van der Waals surface area (Å²) in [4.78, 5) is 12.5. The maximum Gasteiger partial charge on any atom is 0.268 e. The van der Waals surface area contributed by atoms with Crippen LogP contribution in [0.25, 0.3) is 10.9 Å². The minimum Gasteiger partial charge on any atom is -0.347 e. The molecule has 1 aromatic heterocycles. The number of rotatable bonds is 3. The van der Waals surface area contributed by atoms with E-state index in [4.69, 9.17) is 11.6 Å². The zero-order valence-corrected chi connectivity index (χ0v) is 14.2. The largest absolute Gasteiger partial charge is 0.347 e. The van der Waals surface area contributed by atoms with Crippen LogP contribution in [0.5, 0.6) is 0 Å². The molecule has 3 nitrogen and oxygen atoms in total. The average molecular weight is 327 g/mol. The second kappa shape index (κ2) is 6.09. The smallest absolute Gasteiger partial charge is 0.268 e. The van der Waals surface area contributed by atoms with E-state index < -0.39 is 0 Å². The lowest BCUT2D eigenvalue weighted by Crippen LogP contribution is -2.24. The number of nitrogens with zero attached hydrogens (tertiary/aromatic N) is 1. The number of nitrogens with one attached hydrogen (secondary N) is 1. The predicted octanol–water partition coefficient (Wildman–Crippen LogP) is 4.38. The van der Waals surface area contributed by atoms with Crippen molar-refractivity contribution in [3.05, 3.63) is 69.9 Å². The van der Waals surface area contributed by atoms with E-state index in [0.29, 0.717) is 17.3 Å². The number of amides is 1. The molecule has 0 aliphatic carbocycles. The van der Waals surface area contributed by atoms with Crippen molar-refractivity contribution in [1.29, 1.82) is 0 Å². The monoisotopic (exact) mass is 326 g/mol. The van der Waals surface area contributed by atoms with Gasteiger partial charge in [-0.05, 0) is 43.2 Å². The molecule has 1 heterocycles. The topological polar surface area (TPSA) is 34.0 Å². The van der Waals surface area contributed by atoms with Crippen LogP contribution in [0.1, 0.15) is 27.2 Å². The third-order valence-electron chi connectivity index (χ3n) is 4.06. The van der Waals surface area contributed by atoms with Crippen LogP contribution in [-0.4, -0.2) is 10.5 Å². The fourth-order valence-electron chi connectivity index (χ4n) is 2.72. The van der Waals surface area contributed by atoms with Gasteiger partial charge >= 0.3 is 0 Å². The molecule has 0 saturated heterocycles. The molecule has 0 aliphatic rings. The Morgan fingerprint density at radius 3 is 2.48 bits per heavy atom. The maximum atomic E-state index is 12.5. The molecule has 0 saturated carbocycles.